The first-order valence-corrected chi connectivity index (χ1v) is 11.0. The van der Waals surface area contributed by atoms with Crippen molar-refractivity contribution in [2.75, 3.05) is 4.90 Å². The number of hydrogen-bond acceptors (Lipinski definition) is 5. The number of Topliss-reactive ketones (excluding diaryl/α,β-unsaturated/α-hetero) is 1. The third-order valence-electron chi connectivity index (χ3n) is 4.94. The molecule has 2 aliphatic rings. The number of carbonyl (C=O) groups excluding carboxylic acids is 1. The number of anilines is 1. The number of thiophene rings is 1. The van der Waals surface area contributed by atoms with Crippen molar-refractivity contribution in [1.29, 1.82) is 5.26 Å². The monoisotopic (exact) mass is 521 g/mol. The Morgan fingerprint density at radius 2 is 2.04 bits per heavy atom. The van der Waals surface area contributed by atoms with Crippen molar-refractivity contribution >= 4 is 54.7 Å². The third kappa shape index (κ3) is 3.11. The topological polar surface area (TPSA) is 70.1 Å². The molecule has 0 fully saturated rings. The Morgan fingerprint density at radius 1 is 1.25 bits per heavy atom. The number of nitriles is 1. The van der Waals surface area contributed by atoms with Crippen molar-refractivity contribution in [3.63, 3.8) is 0 Å². The van der Waals surface area contributed by atoms with Crippen LogP contribution in [-0.2, 0) is 4.79 Å². The summed E-state index contributed by atoms with van der Waals surface area (Å²) in [4.78, 5) is 15.4. The lowest BCUT2D eigenvalue weighted by Gasteiger charge is -2.39. The second-order valence-electron chi connectivity index (χ2n) is 6.58. The molecule has 4 nitrogen and oxygen atoms in total. The zero-order valence-corrected chi connectivity index (χ0v) is 18.5. The third-order valence-corrected chi connectivity index (χ3v) is 7.19. The fourth-order valence-corrected chi connectivity index (χ4v) is 5.68. The molecule has 0 amide bonds. The molecule has 4 rings (SSSR count). The largest absolute Gasteiger partial charge is 0.384 e. The lowest BCUT2D eigenvalue weighted by atomic mass is 9.78. The van der Waals surface area contributed by atoms with E-state index in [1.165, 1.54) is 17.4 Å². The average Bonchev–Trinajstić information content (AvgIpc) is 3.08. The van der Waals surface area contributed by atoms with E-state index in [0.29, 0.717) is 35.0 Å². The standard InChI is InChI=1S/C20H14Br2FN3OS/c21-10-4-5-14(13(23)6-10)26-15-2-1-3-16(27)19(15)18(12(8-24)20(26)25)17-7-11(22)9-28-17/h4-7,9,18H,1-3,25H2. The first kappa shape index (κ1) is 19.4. The maximum Gasteiger partial charge on any atom is 0.161 e. The molecule has 0 saturated carbocycles. The Hall–Kier alpha value is -1.95. The Balaban J connectivity index is 1.98. The van der Waals surface area contributed by atoms with E-state index in [4.69, 9.17) is 5.73 Å². The predicted molar refractivity (Wildman–Crippen MR) is 114 cm³/mol. The van der Waals surface area contributed by atoms with Gasteiger partial charge in [0, 0.05) is 36.9 Å². The minimum absolute atomic E-state index is 0.0152. The number of hydrogen-bond donors (Lipinski definition) is 1. The molecule has 28 heavy (non-hydrogen) atoms. The molecule has 0 bridgehead atoms. The van der Waals surface area contributed by atoms with Crippen LogP contribution >= 0.6 is 43.2 Å². The fraction of sp³-hybridized carbons (Fsp3) is 0.200. The molecule has 1 aromatic carbocycles. The quantitative estimate of drug-likeness (QED) is 0.547. The van der Waals surface area contributed by atoms with Gasteiger partial charge in [-0.2, -0.15) is 5.26 Å². The van der Waals surface area contributed by atoms with Crippen LogP contribution in [0.4, 0.5) is 10.1 Å². The number of nitrogens with two attached hydrogens (primary N) is 1. The highest BCUT2D eigenvalue weighted by atomic mass is 79.9. The van der Waals surface area contributed by atoms with Crippen LogP contribution in [0, 0.1) is 17.1 Å². The van der Waals surface area contributed by atoms with Gasteiger partial charge in [0.25, 0.3) is 0 Å². The average molecular weight is 523 g/mol. The molecule has 0 spiro atoms. The molecular formula is C20H14Br2FN3OS. The van der Waals surface area contributed by atoms with Crippen LogP contribution in [-0.4, -0.2) is 5.78 Å². The zero-order valence-electron chi connectivity index (χ0n) is 14.5. The zero-order chi connectivity index (χ0) is 20.0. The van der Waals surface area contributed by atoms with Crippen LogP contribution < -0.4 is 10.6 Å². The number of carbonyl (C=O) groups is 1. The molecule has 1 aliphatic heterocycles. The van der Waals surface area contributed by atoms with Gasteiger partial charge in [-0.1, -0.05) is 15.9 Å². The van der Waals surface area contributed by atoms with E-state index >= 15 is 0 Å². The maximum atomic E-state index is 14.8. The SMILES string of the molecule is N#CC1=C(N)N(c2ccc(Br)cc2F)C2=C(C(=O)CCC2)C1c1cc(Br)cs1. The first-order valence-electron chi connectivity index (χ1n) is 8.57. The van der Waals surface area contributed by atoms with Gasteiger partial charge in [-0.3, -0.25) is 9.69 Å². The van der Waals surface area contributed by atoms with E-state index in [0.717, 1.165) is 9.35 Å². The Labute approximate surface area is 182 Å². The van der Waals surface area contributed by atoms with E-state index in [2.05, 4.69) is 37.9 Å². The van der Waals surface area contributed by atoms with Crippen molar-refractivity contribution in [1.82, 2.24) is 0 Å². The molecule has 2 heterocycles. The fourth-order valence-electron chi connectivity index (χ4n) is 3.79. The summed E-state index contributed by atoms with van der Waals surface area (Å²) in [5.74, 6) is -0.832. The molecule has 1 atom stereocenters. The van der Waals surface area contributed by atoms with E-state index in [1.54, 1.807) is 17.0 Å². The highest BCUT2D eigenvalue weighted by molar-refractivity contribution is 9.10. The summed E-state index contributed by atoms with van der Waals surface area (Å²) in [7, 11) is 0. The van der Waals surface area contributed by atoms with E-state index in [1.807, 2.05) is 11.4 Å². The maximum absolute atomic E-state index is 14.8. The summed E-state index contributed by atoms with van der Waals surface area (Å²) in [6.07, 6.45) is 1.68. The van der Waals surface area contributed by atoms with Gasteiger partial charge >= 0.3 is 0 Å². The van der Waals surface area contributed by atoms with Crippen LogP contribution in [0.1, 0.15) is 30.1 Å². The second kappa shape index (κ2) is 7.47. The highest BCUT2D eigenvalue weighted by Gasteiger charge is 2.41. The molecular weight excluding hydrogens is 509 g/mol. The van der Waals surface area contributed by atoms with Crippen molar-refractivity contribution < 1.29 is 9.18 Å². The molecule has 2 N–H and O–H groups in total. The molecule has 8 heteroatoms. The lowest BCUT2D eigenvalue weighted by Crippen LogP contribution is -2.39. The molecule has 1 unspecified atom stereocenters. The number of allylic oxidation sites excluding steroid dienone is 3. The van der Waals surface area contributed by atoms with E-state index in [9.17, 15) is 14.4 Å². The number of ketones is 1. The minimum Gasteiger partial charge on any atom is -0.384 e. The number of nitrogens with zero attached hydrogens (tertiary/aromatic N) is 2. The van der Waals surface area contributed by atoms with Crippen LogP contribution in [0.25, 0.3) is 0 Å². The van der Waals surface area contributed by atoms with Gasteiger partial charge in [-0.05, 0) is 53.0 Å². The second-order valence-corrected chi connectivity index (χ2v) is 9.35. The van der Waals surface area contributed by atoms with Gasteiger partial charge in [0.1, 0.15) is 11.6 Å². The van der Waals surface area contributed by atoms with Gasteiger partial charge in [0.05, 0.1) is 23.2 Å². The van der Waals surface area contributed by atoms with Crippen LogP contribution in [0.15, 0.2) is 61.3 Å². The predicted octanol–water partition coefficient (Wildman–Crippen LogP) is 5.72. The van der Waals surface area contributed by atoms with E-state index in [-0.39, 0.29) is 22.9 Å². The van der Waals surface area contributed by atoms with Crippen molar-refractivity contribution in [2.24, 2.45) is 5.73 Å². The van der Waals surface area contributed by atoms with Crippen molar-refractivity contribution in [2.45, 2.75) is 25.2 Å². The molecule has 0 radical (unpaired) electrons. The van der Waals surface area contributed by atoms with Gasteiger partial charge in [-0.25, -0.2) is 4.39 Å². The number of rotatable bonds is 2. The van der Waals surface area contributed by atoms with Crippen molar-refractivity contribution in [3.8, 4) is 6.07 Å². The van der Waals surface area contributed by atoms with Gasteiger partial charge in [-0.15, -0.1) is 11.3 Å². The first-order chi connectivity index (χ1) is 13.4. The van der Waals surface area contributed by atoms with Crippen LogP contribution in [0.2, 0.25) is 0 Å². The van der Waals surface area contributed by atoms with Crippen molar-refractivity contribution in [3.05, 3.63) is 71.9 Å². The summed E-state index contributed by atoms with van der Waals surface area (Å²) in [6, 6.07) is 8.75. The summed E-state index contributed by atoms with van der Waals surface area (Å²) >= 11 is 8.16. The lowest BCUT2D eigenvalue weighted by molar-refractivity contribution is -0.116. The number of halogens is 3. The summed E-state index contributed by atoms with van der Waals surface area (Å²) in [6.45, 7) is 0. The number of benzene rings is 1. The molecule has 1 aliphatic carbocycles. The van der Waals surface area contributed by atoms with Crippen LogP contribution in [0.3, 0.4) is 0 Å². The van der Waals surface area contributed by atoms with Gasteiger partial charge in [0.2, 0.25) is 0 Å². The Morgan fingerprint density at radius 3 is 2.68 bits per heavy atom. The van der Waals surface area contributed by atoms with E-state index < -0.39 is 11.7 Å². The molecule has 1 aromatic heterocycles. The summed E-state index contributed by atoms with van der Waals surface area (Å²) in [5.41, 5.74) is 8.15. The highest BCUT2D eigenvalue weighted by Crippen LogP contribution is 2.48. The van der Waals surface area contributed by atoms with Gasteiger partial charge in [0.15, 0.2) is 5.78 Å². The smallest absolute Gasteiger partial charge is 0.161 e. The molecule has 142 valence electrons. The Kier molecular flexibility index (Phi) is 5.17. The van der Waals surface area contributed by atoms with Crippen LogP contribution in [0.5, 0.6) is 0 Å². The normalized spacial score (nSPS) is 19.7. The summed E-state index contributed by atoms with van der Waals surface area (Å²) in [5, 5.41) is 11.8. The molecule has 2 aromatic rings. The summed E-state index contributed by atoms with van der Waals surface area (Å²) < 4.78 is 16.3. The molecule has 0 saturated heterocycles. The Bertz CT molecular complexity index is 1100. The minimum atomic E-state index is -0.515. The van der Waals surface area contributed by atoms with Gasteiger partial charge < -0.3 is 5.73 Å².